The van der Waals surface area contributed by atoms with Gasteiger partial charge in [0.25, 0.3) is 0 Å². The van der Waals surface area contributed by atoms with Crippen LogP contribution in [0.1, 0.15) is 29.3 Å². The number of para-hydroxylation sites is 1. The molecule has 1 heterocycles. The first-order chi connectivity index (χ1) is 12.9. The Morgan fingerprint density at radius 2 is 1.81 bits per heavy atom. The molecule has 0 saturated carbocycles. The maximum absolute atomic E-state index is 12.5. The van der Waals surface area contributed by atoms with Gasteiger partial charge in [0, 0.05) is 18.5 Å². The molecule has 1 amide bonds. The van der Waals surface area contributed by atoms with Crippen molar-refractivity contribution in [3.05, 3.63) is 64.7 Å². The molecule has 0 aliphatic carbocycles. The number of aryl methyl sites for hydroxylation is 1. The summed E-state index contributed by atoms with van der Waals surface area (Å²) in [6.45, 7) is 3.66. The molecule has 3 rings (SSSR count). The van der Waals surface area contributed by atoms with Gasteiger partial charge in [0.05, 0.1) is 16.6 Å². The molecule has 1 saturated heterocycles. The molecule has 140 valence electrons. The van der Waals surface area contributed by atoms with E-state index in [0.717, 1.165) is 5.56 Å². The lowest BCUT2D eigenvalue weighted by Gasteiger charge is -2.18. The fraction of sp³-hybridized carbons (Fsp3) is 0.286. The molecule has 0 unspecified atom stereocenters. The molecule has 6 heteroatoms. The molecule has 0 radical (unpaired) electrons. The van der Waals surface area contributed by atoms with Crippen LogP contribution >= 0.6 is 11.6 Å². The van der Waals surface area contributed by atoms with E-state index in [-0.39, 0.29) is 24.7 Å². The van der Waals surface area contributed by atoms with E-state index >= 15 is 0 Å². The van der Waals surface area contributed by atoms with Crippen LogP contribution < -0.4 is 4.90 Å². The fourth-order valence-electron chi connectivity index (χ4n) is 3.05. The summed E-state index contributed by atoms with van der Waals surface area (Å²) in [6, 6.07) is 14.1. The van der Waals surface area contributed by atoms with Gasteiger partial charge < -0.3 is 9.64 Å². The Labute approximate surface area is 162 Å². The van der Waals surface area contributed by atoms with E-state index in [1.165, 1.54) is 4.90 Å². The Morgan fingerprint density at radius 3 is 2.48 bits per heavy atom. The summed E-state index contributed by atoms with van der Waals surface area (Å²) in [6.07, 6.45) is -0.875. The van der Waals surface area contributed by atoms with Gasteiger partial charge in [0.2, 0.25) is 11.7 Å². The van der Waals surface area contributed by atoms with Crippen LogP contribution in [0.25, 0.3) is 0 Å². The first-order valence-corrected chi connectivity index (χ1v) is 9.11. The first kappa shape index (κ1) is 19.1. The Morgan fingerprint density at radius 1 is 1.15 bits per heavy atom. The van der Waals surface area contributed by atoms with E-state index in [0.29, 0.717) is 16.3 Å². The van der Waals surface area contributed by atoms with Crippen LogP contribution in [0, 0.1) is 12.8 Å². The lowest BCUT2D eigenvalue weighted by atomic mass is 10.1. The van der Waals surface area contributed by atoms with Crippen molar-refractivity contribution in [2.45, 2.75) is 26.4 Å². The van der Waals surface area contributed by atoms with Crippen LogP contribution in [0.3, 0.4) is 0 Å². The van der Waals surface area contributed by atoms with E-state index in [1.54, 1.807) is 43.3 Å². The lowest BCUT2D eigenvalue weighted by molar-refractivity contribution is -0.151. The van der Waals surface area contributed by atoms with Gasteiger partial charge in [-0.25, -0.2) is 0 Å². The lowest BCUT2D eigenvalue weighted by Crippen LogP contribution is -2.30. The number of ketones is 1. The quantitative estimate of drug-likeness (QED) is 0.579. The van der Waals surface area contributed by atoms with E-state index in [4.69, 9.17) is 16.3 Å². The second kappa shape index (κ2) is 7.92. The second-order valence-electron chi connectivity index (χ2n) is 6.67. The number of ether oxygens (including phenoxy) is 1. The van der Waals surface area contributed by atoms with Crippen LogP contribution in [0.15, 0.2) is 48.5 Å². The highest BCUT2D eigenvalue weighted by Crippen LogP contribution is 2.31. The number of carbonyl (C=O) groups is 3. The number of halogens is 1. The molecule has 2 aromatic carbocycles. The van der Waals surface area contributed by atoms with Gasteiger partial charge in [-0.2, -0.15) is 0 Å². The van der Waals surface area contributed by atoms with Crippen molar-refractivity contribution in [1.29, 1.82) is 0 Å². The van der Waals surface area contributed by atoms with Gasteiger partial charge in [-0.05, 0) is 26.0 Å². The van der Waals surface area contributed by atoms with Crippen LogP contribution in [0.4, 0.5) is 5.69 Å². The SMILES string of the molecule is Cc1ccc(C(=O)[C@H](C)OC(=O)[C@@H]2CC(=O)N(c3ccccc3Cl)C2)cc1. The number of rotatable bonds is 5. The summed E-state index contributed by atoms with van der Waals surface area (Å²) in [5.74, 6) is -1.63. The zero-order valence-electron chi connectivity index (χ0n) is 15.1. The maximum Gasteiger partial charge on any atom is 0.312 e. The number of hydrogen-bond acceptors (Lipinski definition) is 4. The van der Waals surface area contributed by atoms with Crippen molar-refractivity contribution in [3.8, 4) is 0 Å². The smallest absolute Gasteiger partial charge is 0.312 e. The van der Waals surface area contributed by atoms with Crippen molar-refractivity contribution in [3.63, 3.8) is 0 Å². The van der Waals surface area contributed by atoms with Crippen molar-refractivity contribution in [2.24, 2.45) is 5.92 Å². The topological polar surface area (TPSA) is 63.7 Å². The third-order valence-electron chi connectivity index (χ3n) is 4.60. The highest BCUT2D eigenvalue weighted by Gasteiger charge is 2.38. The zero-order chi connectivity index (χ0) is 19.6. The summed E-state index contributed by atoms with van der Waals surface area (Å²) in [4.78, 5) is 38.7. The number of benzene rings is 2. The molecule has 27 heavy (non-hydrogen) atoms. The number of anilines is 1. The van der Waals surface area contributed by atoms with Gasteiger partial charge in [-0.1, -0.05) is 53.6 Å². The number of carbonyl (C=O) groups excluding carboxylic acids is 3. The average molecular weight is 386 g/mol. The normalized spacial score (nSPS) is 17.7. The van der Waals surface area contributed by atoms with Crippen LogP contribution in [0.5, 0.6) is 0 Å². The average Bonchev–Trinajstić information content (AvgIpc) is 3.04. The van der Waals surface area contributed by atoms with Gasteiger partial charge in [0.15, 0.2) is 6.10 Å². The standard InChI is InChI=1S/C21H20ClNO4/c1-13-7-9-15(10-8-13)20(25)14(2)27-21(26)16-11-19(24)23(12-16)18-6-4-3-5-17(18)22/h3-10,14,16H,11-12H2,1-2H3/t14-,16+/m0/s1. The van der Waals surface area contributed by atoms with Crippen molar-refractivity contribution in [1.82, 2.24) is 0 Å². The van der Waals surface area contributed by atoms with E-state index in [2.05, 4.69) is 0 Å². The minimum Gasteiger partial charge on any atom is -0.454 e. The highest BCUT2D eigenvalue weighted by molar-refractivity contribution is 6.33. The fourth-order valence-corrected chi connectivity index (χ4v) is 3.28. The minimum absolute atomic E-state index is 0.0372. The van der Waals surface area contributed by atoms with Crippen molar-refractivity contribution >= 4 is 34.9 Å². The molecule has 5 nitrogen and oxygen atoms in total. The molecule has 2 aromatic rings. The van der Waals surface area contributed by atoms with Crippen LogP contribution in [-0.2, 0) is 14.3 Å². The van der Waals surface area contributed by atoms with Crippen LogP contribution in [-0.4, -0.2) is 30.3 Å². The molecule has 0 bridgehead atoms. The predicted molar refractivity (Wildman–Crippen MR) is 103 cm³/mol. The highest BCUT2D eigenvalue weighted by atomic mass is 35.5. The van der Waals surface area contributed by atoms with Gasteiger partial charge in [-0.15, -0.1) is 0 Å². The molecule has 1 aliphatic rings. The van der Waals surface area contributed by atoms with Crippen LogP contribution in [0.2, 0.25) is 5.02 Å². The molecule has 2 atom stereocenters. The summed E-state index contributed by atoms with van der Waals surface area (Å²) < 4.78 is 5.34. The van der Waals surface area contributed by atoms with Crippen molar-refractivity contribution < 1.29 is 19.1 Å². The molecule has 0 N–H and O–H groups in total. The Bertz CT molecular complexity index is 878. The number of esters is 1. The van der Waals surface area contributed by atoms with E-state index < -0.39 is 18.0 Å². The Hall–Kier alpha value is -2.66. The Kier molecular flexibility index (Phi) is 5.61. The largest absolute Gasteiger partial charge is 0.454 e. The summed E-state index contributed by atoms with van der Waals surface area (Å²) >= 11 is 6.15. The molecular formula is C21H20ClNO4. The third-order valence-corrected chi connectivity index (χ3v) is 4.92. The number of hydrogen-bond donors (Lipinski definition) is 0. The number of Topliss-reactive ketones (excluding diaryl/α,β-unsaturated/α-hetero) is 1. The Balaban J connectivity index is 1.64. The van der Waals surface area contributed by atoms with Gasteiger partial charge in [0.1, 0.15) is 0 Å². The number of nitrogens with zero attached hydrogens (tertiary/aromatic N) is 1. The third kappa shape index (κ3) is 4.19. The summed E-state index contributed by atoms with van der Waals surface area (Å²) in [7, 11) is 0. The molecule has 1 fully saturated rings. The molecule has 1 aliphatic heterocycles. The molecule has 0 aromatic heterocycles. The summed E-state index contributed by atoms with van der Waals surface area (Å²) in [5.41, 5.74) is 2.10. The zero-order valence-corrected chi connectivity index (χ0v) is 15.9. The molecular weight excluding hydrogens is 366 g/mol. The maximum atomic E-state index is 12.5. The molecule has 0 spiro atoms. The second-order valence-corrected chi connectivity index (χ2v) is 7.07. The first-order valence-electron chi connectivity index (χ1n) is 8.73. The van der Waals surface area contributed by atoms with Gasteiger partial charge in [-0.3, -0.25) is 14.4 Å². The van der Waals surface area contributed by atoms with Crippen molar-refractivity contribution in [2.75, 3.05) is 11.4 Å². The monoisotopic (exact) mass is 385 g/mol. The van der Waals surface area contributed by atoms with Gasteiger partial charge >= 0.3 is 5.97 Å². The van der Waals surface area contributed by atoms with E-state index in [1.807, 2.05) is 19.1 Å². The van der Waals surface area contributed by atoms with E-state index in [9.17, 15) is 14.4 Å². The minimum atomic E-state index is -0.912. The summed E-state index contributed by atoms with van der Waals surface area (Å²) in [5, 5.41) is 0.447. The predicted octanol–water partition coefficient (Wildman–Crippen LogP) is 3.82. The number of amides is 1.